The SMILES string of the molecule is COc1cc(C(=O)NCc2cccc(NC(=O)CCN3CCOCC3)c2)ccc1OCC(N)=O. The molecule has 0 aliphatic carbocycles. The quantitative estimate of drug-likeness (QED) is 0.449. The summed E-state index contributed by atoms with van der Waals surface area (Å²) in [5.41, 5.74) is 6.98. The predicted octanol–water partition coefficient (Wildman–Crippen LogP) is 1.15. The van der Waals surface area contributed by atoms with Crippen LogP contribution in [0.1, 0.15) is 22.3 Å². The minimum Gasteiger partial charge on any atom is -0.493 e. The van der Waals surface area contributed by atoms with Crippen LogP contribution in [0.25, 0.3) is 0 Å². The Hall–Kier alpha value is -3.63. The summed E-state index contributed by atoms with van der Waals surface area (Å²) in [7, 11) is 1.44. The summed E-state index contributed by atoms with van der Waals surface area (Å²) >= 11 is 0. The zero-order valence-corrected chi connectivity index (χ0v) is 19.2. The molecule has 10 nitrogen and oxygen atoms in total. The van der Waals surface area contributed by atoms with Gasteiger partial charge in [-0.3, -0.25) is 19.3 Å². The molecule has 3 rings (SSSR count). The second kappa shape index (κ2) is 12.6. The van der Waals surface area contributed by atoms with Crippen LogP contribution in [0, 0.1) is 0 Å². The van der Waals surface area contributed by atoms with Crippen molar-refractivity contribution in [3.8, 4) is 11.5 Å². The number of primary amides is 1. The van der Waals surface area contributed by atoms with Gasteiger partial charge in [0.1, 0.15) is 0 Å². The summed E-state index contributed by atoms with van der Waals surface area (Å²) in [5, 5.41) is 5.75. The number of nitrogens with zero attached hydrogens (tertiary/aromatic N) is 1. The van der Waals surface area contributed by atoms with Crippen LogP contribution in [-0.4, -0.2) is 69.2 Å². The molecule has 2 aromatic carbocycles. The lowest BCUT2D eigenvalue weighted by Crippen LogP contribution is -2.38. The largest absolute Gasteiger partial charge is 0.493 e. The van der Waals surface area contributed by atoms with Crippen molar-refractivity contribution in [2.24, 2.45) is 5.73 Å². The highest BCUT2D eigenvalue weighted by Gasteiger charge is 2.14. The molecule has 1 heterocycles. The van der Waals surface area contributed by atoms with Gasteiger partial charge in [-0.15, -0.1) is 0 Å². The minimum absolute atomic E-state index is 0.0570. The molecule has 1 saturated heterocycles. The molecule has 0 atom stereocenters. The average Bonchev–Trinajstić information content (AvgIpc) is 2.85. The van der Waals surface area contributed by atoms with Crippen LogP contribution >= 0.6 is 0 Å². The standard InChI is InChI=1S/C24H30N4O6/c1-32-21-14-18(5-6-20(21)34-16-22(25)29)24(31)26-15-17-3-2-4-19(13-17)27-23(30)7-8-28-9-11-33-12-10-28/h2-6,13-14H,7-12,15-16H2,1H3,(H2,25,29)(H,26,31)(H,27,30). The van der Waals surface area contributed by atoms with Crippen LogP contribution in [0.4, 0.5) is 5.69 Å². The van der Waals surface area contributed by atoms with Crippen molar-refractivity contribution in [3.63, 3.8) is 0 Å². The van der Waals surface area contributed by atoms with Gasteiger partial charge in [0.15, 0.2) is 18.1 Å². The smallest absolute Gasteiger partial charge is 0.255 e. The van der Waals surface area contributed by atoms with Crippen LogP contribution in [0.5, 0.6) is 11.5 Å². The number of rotatable bonds is 11. The summed E-state index contributed by atoms with van der Waals surface area (Å²) in [6.45, 7) is 3.78. The Bertz CT molecular complexity index is 1010. The van der Waals surface area contributed by atoms with E-state index in [0.29, 0.717) is 48.9 Å². The van der Waals surface area contributed by atoms with Crippen molar-refractivity contribution in [3.05, 3.63) is 53.6 Å². The molecule has 1 fully saturated rings. The molecule has 1 aliphatic rings. The highest BCUT2D eigenvalue weighted by atomic mass is 16.5. The van der Waals surface area contributed by atoms with E-state index in [0.717, 1.165) is 18.7 Å². The summed E-state index contributed by atoms with van der Waals surface area (Å²) < 4.78 is 15.8. The van der Waals surface area contributed by atoms with Crippen molar-refractivity contribution in [1.29, 1.82) is 0 Å². The number of benzene rings is 2. The van der Waals surface area contributed by atoms with E-state index in [-0.39, 0.29) is 25.0 Å². The summed E-state index contributed by atoms with van der Waals surface area (Å²) in [6, 6.07) is 12.0. The van der Waals surface area contributed by atoms with Crippen LogP contribution in [0.3, 0.4) is 0 Å². The third-order valence-electron chi connectivity index (χ3n) is 5.22. The van der Waals surface area contributed by atoms with Crippen molar-refractivity contribution in [2.45, 2.75) is 13.0 Å². The average molecular weight is 471 g/mol. The van der Waals surface area contributed by atoms with E-state index in [1.54, 1.807) is 12.1 Å². The first kappa shape index (κ1) is 25.0. The van der Waals surface area contributed by atoms with Gasteiger partial charge in [0.2, 0.25) is 5.91 Å². The lowest BCUT2D eigenvalue weighted by molar-refractivity contribution is -0.120. The topological polar surface area (TPSA) is 132 Å². The van der Waals surface area contributed by atoms with E-state index in [2.05, 4.69) is 15.5 Å². The molecular weight excluding hydrogens is 440 g/mol. The molecule has 1 aliphatic heterocycles. The lowest BCUT2D eigenvalue weighted by atomic mass is 10.1. The Morgan fingerprint density at radius 2 is 1.88 bits per heavy atom. The number of ether oxygens (including phenoxy) is 3. The molecule has 3 amide bonds. The van der Waals surface area contributed by atoms with E-state index in [9.17, 15) is 14.4 Å². The Morgan fingerprint density at radius 3 is 2.62 bits per heavy atom. The molecule has 34 heavy (non-hydrogen) atoms. The molecule has 0 radical (unpaired) electrons. The number of hydrogen-bond donors (Lipinski definition) is 3. The van der Waals surface area contributed by atoms with Crippen LogP contribution in [0.15, 0.2) is 42.5 Å². The normalized spacial score (nSPS) is 13.7. The molecule has 4 N–H and O–H groups in total. The summed E-state index contributed by atoms with van der Waals surface area (Å²) in [4.78, 5) is 38.0. The first-order chi connectivity index (χ1) is 16.4. The maximum Gasteiger partial charge on any atom is 0.255 e. The fourth-order valence-electron chi connectivity index (χ4n) is 3.43. The molecule has 10 heteroatoms. The van der Waals surface area contributed by atoms with E-state index in [1.165, 1.54) is 13.2 Å². The van der Waals surface area contributed by atoms with E-state index < -0.39 is 5.91 Å². The number of carbonyl (C=O) groups is 3. The number of hydrogen-bond acceptors (Lipinski definition) is 7. The van der Waals surface area contributed by atoms with Gasteiger partial charge in [-0.25, -0.2) is 0 Å². The first-order valence-electron chi connectivity index (χ1n) is 11.0. The second-order valence-electron chi connectivity index (χ2n) is 7.76. The number of carbonyl (C=O) groups excluding carboxylic acids is 3. The fraction of sp³-hybridized carbons (Fsp3) is 0.375. The monoisotopic (exact) mass is 470 g/mol. The maximum atomic E-state index is 12.6. The molecule has 0 bridgehead atoms. The molecule has 2 aromatic rings. The first-order valence-corrected chi connectivity index (χ1v) is 11.0. The fourth-order valence-corrected chi connectivity index (χ4v) is 3.43. The van der Waals surface area contributed by atoms with Crippen LogP contribution < -0.4 is 25.8 Å². The van der Waals surface area contributed by atoms with Gasteiger partial charge >= 0.3 is 0 Å². The Kier molecular flexibility index (Phi) is 9.24. The Morgan fingerprint density at radius 1 is 1.09 bits per heavy atom. The van der Waals surface area contributed by atoms with Gasteiger partial charge in [0, 0.05) is 43.9 Å². The highest BCUT2D eigenvalue weighted by Crippen LogP contribution is 2.28. The van der Waals surface area contributed by atoms with Gasteiger partial charge in [0.05, 0.1) is 20.3 Å². The highest BCUT2D eigenvalue weighted by molar-refractivity contribution is 5.95. The van der Waals surface area contributed by atoms with Gasteiger partial charge in [-0.1, -0.05) is 12.1 Å². The maximum absolute atomic E-state index is 12.6. The Balaban J connectivity index is 1.51. The third kappa shape index (κ3) is 7.75. The van der Waals surface area contributed by atoms with E-state index in [1.807, 2.05) is 24.3 Å². The molecule has 0 unspecified atom stereocenters. The third-order valence-corrected chi connectivity index (χ3v) is 5.22. The van der Waals surface area contributed by atoms with Crippen molar-refractivity contribution < 1.29 is 28.6 Å². The predicted molar refractivity (Wildman–Crippen MR) is 126 cm³/mol. The molecule has 0 spiro atoms. The second-order valence-corrected chi connectivity index (χ2v) is 7.76. The van der Waals surface area contributed by atoms with Gasteiger partial charge in [-0.2, -0.15) is 0 Å². The molecule has 182 valence electrons. The number of methoxy groups -OCH3 is 1. The van der Waals surface area contributed by atoms with Crippen LogP contribution in [-0.2, 0) is 20.9 Å². The number of nitrogens with one attached hydrogen (secondary N) is 2. The van der Waals surface area contributed by atoms with Crippen LogP contribution in [0.2, 0.25) is 0 Å². The number of anilines is 1. The molecular formula is C24H30N4O6. The summed E-state index contributed by atoms with van der Waals surface area (Å²) in [6.07, 6.45) is 0.405. The van der Waals surface area contributed by atoms with Gasteiger partial charge < -0.3 is 30.6 Å². The lowest BCUT2D eigenvalue weighted by Gasteiger charge is -2.26. The zero-order valence-electron chi connectivity index (χ0n) is 19.2. The van der Waals surface area contributed by atoms with Gasteiger partial charge in [-0.05, 0) is 35.9 Å². The van der Waals surface area contributed by atoms with Gasteiger partial charge in [0.25, 0.3) is 11.8 Å². The number of morpholine rings is 1. The number of nitrogens with two attached hydrogens (primary N) is 1. The number of amides is 3. The van der Waals surface area contributed by atoms with Crippen molar-refractivity contribution in [2.75, 3.05) is 51.9 Å². The zero-order chi connectivity index (χ0) is 24.3. The van der Waals surface area contributed by atoms with Crippen molar-refractivity contribution in [1.82, 2.24) is 10.2 Å². The van der Waals surface area contributed by atoms with E-state index >= 15 is 0 Å². The summed E-state index contributed by atoms with van der Waals surface area (Å²) in [5.74, 6) is -0.344. The molecule has 0 aromatic heterocycles. The Labute approximate surface area is 198 Å². The molecule has 0 saturated carbocycles. The van der Waals surface area contributed by atoms with E-state index in [4.69, 9.17) is 19.9 Å². The minimum atomic E-state index is -0.612. The van der Waals surface area contributed by atoms with Crippen molar-refractivity contribution >= 4 is 23.4 Å².